The van der Waals surface area contributed by atoms with Crippen LogP contribution in [0.2, 0.25) is 0 Å². The molecule has 2 atom stereocenters. The quantitative estimate of drug-likeness (QED) is 0.819. The minimum absolute atomic E-state index is 0.488. The van der Waals surface area contributed by atoms with Crippen molar-refractivity contribution in [3.8, 4) is 11.5 Å². The fourth-order valence-electron chi connectivity index (χ4n) is 3.30. The Labute approximate surface area is 109 Å². The summed E-state index contributed by atoms with van der Waals surface area (Å²) in [6.07, 6.45) is 3.83. The lowest BCUT2D eigenvalue weighted by atomic mass is 9.92. The highest BCUT2D eigenvalue weighted by atomic mass is 16.5. The number of ether oxygens (including phenoxy) is 2. The van der Waals surface area contributed by atoms with E-state index in [0.717, 1.165) is 18.1 Å². The number of hydrogen-bond donors (Lipinski definition) is 0. The van der Waals surface area contributed by atoms with Gasteiger partial charge in [-0.3, -0.25) is 0 Å². The van der Waals surface area contributed by atoms with Crippen LogP contribution in [0.4, 0.5) is 0 Å². The summed E-state index contributed by atoms with van der Waals surface area (Å²) in [7, 11) is 3.98. The molecule has 0 aliphatic carbocycles. The zero-order chi connectivity index (χ0) is 12.5. The third kappa shape index (κ3) is 1.97. The van der Waals surface area contributed by atoms with Gasteiger partial charge in [0, 0.05) is 17.5 Å². The first-order chi connectivity index (χ1) is 8.79. The second kappa shape index (κ2) is 4.81. The Morgan fingerprint density at radius 2 is 2.33 bits per heavy atom. The number of nitrogens with zero attached hydrogens (tertiary/aromatic N) is 1. The van der Waals surface area contributed by atoms with Crippen LogP contribution in [0, 0.1) is 0 Å². The van der Waals surface area contributed by atoms with Crippen molar-refractivity contribution in [2.75, 3.05) is 27.3 Å². The second-order valence-electron chi connectivity index (χ2n) is 5.39. The van der Waals surface area contributed by atoms with Crippen molar-refractivity contribution in [2.45, 2.75) is 31.2 Å². The van der Waals surface area contributed by atoms with Crippen LogP contribution in [-0.4, -0.2) is 38.3 Å². The summed E-state index contributed by atoms with van der Waals surface area (Å²) in [4.78, 5) is 2.48. The van der Waals surface area contributed by atoms with E-state index < -0.39 is 0 Å². The number of likely N-dealkylation sites (tertiary alicyclic amines) is 1. The van der Waals surface area contributed by atoms with E-state index in [9.17, 15) is 0 Å². The fourth-order valence-corrected chi connectivity index (χ4v) is 3.30. The highest BCUT2D eigenvalue weighted by Crippen LogP contribution is 2.43. The van der Waals surface area contributed by atoms with Gasteiger partial charge in [0.05, 0.1) is 13.7 Å². The van der Waals surface area contributed by atoms with Crippen molar-refractivity contribution < 1.29 is 9.47 Å². The number of hydrogen-bond acceptors (Lipinski definition) is 3. The van der Waals surface area contributed by atoms with Crippen molar-refractivity contribution in [1.82, 2.24) is 4.90 Å². The van der Waals surface area contributed by atoms with Gasteiger partial charge in [0.25, 0.3) is 0 Å². The van der Waals surface area contributed by atoms with Crippen molar-refractivity contribution >= 4 is 0 Å². The Hall–Kier alpha value is -1.22. The first kappa shape index (κ1) is 11.8. The maximum atomic E-state index is 5.80. The fraction of sp³-hybridized carbons (Fsp3) is 0.600. The molecule has 3 heteroatoms. The van der Waals surface area contributed by atoms with E-state index >= 15 is 0 Å². The van der Waals surface area contributed by atoms with Crippen molar-refractivity contribution in [3.63, 3.8) is 0 Å². The molecule has 0 unspecified atom stereocenters. The Morgan fingerprint density at radius 1 is 1.44 bits per heavy atom. The molecule has 0 N–H and O–H groups in total. The lowest BCUT2D eigenvalue weighted by Crippen LogP contribution is -2.27. The molecule has 0 radical (unpaired) electrons. The molecule has 2 heterocycles. The van der Waals surface area contributed by atoms with E-state index in [1.165, 1.54) is 31.4 Å². The third-order valence-corrected chi connectivity index (χ3v) is 4.32. The smallest absolute Gasteiger partial charge is 0.126 e. The van der Waals surface area contributed by atoms with E-state index in [-0.39, 0.29) is 0 Å². The van der Waals surface area contributed by atoms with Gasteiger partial charge in [0.1, 0.15) is 11.5 Å². The molecule has 1 aromatic rings. The van der Waals surface area contributed by atoms with E-state index in [4.69, 9.17) is 9.47 Å². The molecule has 2 aliphatic heterocycles. The first-order valence-electron chi connectivity index (χ1n) is 6.79. The van der Waals surface area contributed by atoms with Crippen molar-refractivity contribution in [1.29, 1.82) is 0 Å². The predicted molar refractivity (Wildman–Crippen MR) is 71.5 cm³/mol. The zero-order valence-electron chi connectivity index (χ0n) is 11.2. The van der Waals surface area contributed by atoms with Crippen LogP contribution in [0.25, 0.3) is 0 Å². The molecule has 0 bridgehead atoms. The average molecular weight is 247 g/mol. The summed E-state index contributed by atoms with van der Waals surface area (Å²) in [5, 5.41) is 0. The standard InChI is InChI=1S/C15H21NO2/c1-16-8-4-5-12(16)9-11-10-18-14-7-3-6-13(17-2)15(11)14/h3,6-7,11-12H,4-5,8-10H2,1-2H3/t11-,12-/m1/s1. The van der Waals surface area contributed by atoms with Gasteiger partial charge in [0.2, 0.25) is 0 Å². The molecule has 1 saturated heterocycles. The third-order valence-electron chi connectivity index (χ3n) is 4.32. The summed E-state index contributed by atoms with van der Waals surface area (Å²) >= 11 is 0. The summed E-state index contributed by atoms with van der Waals surface area (Å²) < 4.78 is 11.3. The second-order valence-corrected chi connectivity index (χ2v) is 5.39. The number of benzene rings is 1. The SMILES string of the molecule is COc1cccc2c1[C@H](C[C@H]1CCCN1C)CO2. The molecule has 2 aliphatic rings. The number of fused-ring (bicyclic) bond motifs is 1. The molecule has 98 valence electrons. The summed E-state index contributed by atoms with van der Waals surface area (Å²) in [5.41, 5.74) is 1.28. The molecule has 18 heavy (non-hydrogen) atoms. The highest BCUT2D eigenvalue weighted by molar-refractivity contribution is 5.49. The van der Waals surface area contributed by atoms with Crippen LogP contribution in [0.3, 0.4) is 0 Å². The molecule has 3 nitrogen and oxygen atoms in total. The maximum Gasteiger partial charge on any atom is 0.126 e. The first-order valence-corrected chi connectivity index (χ1v) is 6.79. The Balaban J connectivity index is 1.81. The summed E-state index contributed by atoms with van der Waals surface area (Å²) in [5.74, 6) is 2.48. The number of methoxy groups -OCH3 is 1. The summed E-state index contributed by atoms with van der Waals surface area (Å²) in [6.45, 7) is 2.04. The van der Waals surface area contributed by atoms with Gasteiger partial charge in [-0.2, -0.15) is 0 Å². The van der Waals surface area contributed by atoms with Gasteiger partial charge in [-0.15, -0.1) is 0 Å². The molecule has 3 rings (SSSR count). The van der Waals surface area contributed by atoms with E-state index in [1.54, 1.807) is 7.11 Å². The van der Waals surface area contributed by atoms with Crippen LogP contribution in [-0.2, 0) is 0 Å². The largest absolute Gasteiger partial charge is 0.496 e. The van der Waals surface area contributed by atoms with Crippen LogP contribution in [0.5, 0.6) is 11.5 Å². The zero-order valence-corrected chi connectivity index (χ0v) is 11.2. The van der Waals surface area contributed by atoms with Crippen LogP contribution in [0.1, 0.15) is 30.7 Å². The lowest BCUT2D eigenvalue weighted by molar-refractivity contribution is 0.256. The predicted octanol–water partition coefficient (Wildman–Crippen LogP) is 2.66. The van der Waals surface area contributed by atoms with Gasteiger partial charge in [-0.05, 0) is 45.0 Å². The monoisotopic (exact) mass is 247 g/mol. The molecule has 0 saturated carbocycles. The van der Waals surface area contributed by atoms with Crippen molar-refractivity contribution in [3.05, 3.63) is 23.8 Å². The van der Waals surface area contributed by atoms with E-state index in [1.807, 2.05) is 12.1 Å². The Bertz CT molecular complexity index is 433. The minimum Gasteiger partial charge on any atom is -0.496 e. The molecular formula is C15H21NO2. The Kier molecular flexibility index (Phi) is 3.16. The average Bonchev–Trinajstić information content (AvgIpc) is 2.97. The maximum absolute atomic E-state index is 5.80. The molecule has 1 aromatic carbocycles. The van der Waals surface area contributed by atoms with Gasteiger partial charge in [0.15, 0.2) is 0 Å². The summed E-state index contributed by atoms with van der Waals surface area (Å²) in [6, 6.07) is 6.80. The van der Waals surface area contributed by atoms with Crippen LogP contribution >= 0.6 is 0 Å². The van der Waals surface area contributed by atoms with Crippen molar-refractivity contribution in [2.24, 2.45) is 0 Å². The van der Waals surface area contributed by atoms with Crippen LogP contribution < -0.4 is 9.47 Å². The normalized spacial score (nSPS) is 27.0. The van der Waals surface area contributed by atoms with E-state index in [2.05, 4.69) is 18.0 Å². The molecule has 1 fully saturated rings. The highest BCUT2D eigenvalue weighted by Gasteiger charge is 2.32. The van der Waals surface area contributed by atoms with E-state index in [0.29, 0.717) is 12.0 Å². The Morgan fingerprint density at radius 3 is 3.06 bits per heavy atom. The topological polar surface area (TPSA) is 21.7 Å². The number of rotatable bonds is 3. The molecule has 0 amide bonds. The lowest BCUT2D eigenvalue weighted by Gasteiger charge is -2.22. The minimum atomic E-state index is 0.488. The van der Waals surface area contributed by atoms with Gasteiger partial charge >= 0.3 is 0 Å². The molecule has 0 spiro atoms. The molecular weight excluding hydrogens is 226 g/mol. The molecule has 0 aromatic heterocycles. The van der Waals surface area contributed by atoms with Crippen LogP contribution in [0.15, 0.2) is 18.2 Å². The van der Waals surface area contributed by atoms with Gasteiger partial charge in [-0.25, -0.2) is 0 Å². The van der Waals surface area contributed by atoms with Gasteiger partial charge < -0.3 is 14.4 Å². The van der Waals surface area contributed by atoms with Gasteiger partial charge in [-0.1, -0.05) is 6.07 Å².